The highest BCUT2D eigenvalue weighted by Gasteiger charge is 2.20. The van der Waals surface area contributed by atoms with E-state index in [-0.39, 0.29) is 5.91 Å². The van der Waals surface area contributed by atoms with Crippen molar-refractivity contribution in [1.82, 2.24) is 9.80 Å². The molecule has 0 atom stereocenters. The van der Waals surface area contributed by atoms with Crippen molar-refractivity contribution in [3.8, 4) is 11.5 Å². The molecule has 5 nitrogen and oxygen atoms in total. The number of ether oxygens (including phenoxy) is 2. The molecule has 1 amide bonds. The van der Waals surface area contributed by atoms with E-state index in [9.17, 15) is 4.79 Å². The Morgan fingerprint density at radius 1 is 0.857 bits per heavy atom. The summed E-state index contributed by atoms with van der Waals surface area (Å²) in [5.41, 5.74) is 2.46. The quantitative estimate of drug-likeness (QED) is 0.704. The van der Waals surface area contributed by atoms with Crippen molar-refractivity contribution in [2.24, 2.45) is 0 Å². The molecule has 1 saturated heterocycles. The van der Waals surface area contributed by atoms with Crippen LogP contribution in [0.15, 0.2) is 48.5 Å². The average molecular weight is 383 g/mol. The van der Waals surface area contributed by atoms with E-state index in [1.165, 1.54) is 11.1 Å². The SMILES string of the molecule is COc1ccc(CCC(=O)N2CCN(CCc3cccc(OC)c3)CC2)cc1. The Morgan fingerprint density at radius 2 is 1.57 bits per heavy atom. The van der Waals surface area contributed by atoms with Crippen LogP contribution >= 0.6 is 0 Å². The minimum absolute atomic E-state index is 0.253. The smallest absolute Gasteiger partial charge is 0.222 e. The standard InChI is InChI=1S/C23H30N2O3/c1-27-21-9-6-19(7-10-21)8-11-23(26)25-16-14-24(15-17-25)13-12-20-4-3-5-22(18-20)28-2/h3-7,9-10,18H,8,11-17H2,1-2H3. The summed E-state index contributed by atoms with van der Waals surface area (Å²) in [4.78, 5) is 17.0. The van der Waals surface area contributed by atoms with Gasteiger partial charge < -0.3 is 14.4 Å². The Balaban J connectivity index is 1.38. The molecule has 1 aliphatic rings. The minimum atomic E-state index is 0.253. The molecule has 2 aromatic carbocycles. The van der Waals surface area contributed by atoms with E-state index in [4.69, 9.17) is 9.47 Å². The Bertz CT molecular complexity index is 753. The van der Waals surface area contributed by atoms with E-state index < -0.39 is 0 Å². The summed E-state index contributed by atoms with van der Waals surface area (Å²) in [7, 11) is 3.36. The zero-order valence-electron chi connectivity index (χ0n) is 16.9. The van der Waals surface area contributed by atoms with Crippen LogP contribution in [0.4, 0.5) is 0 Å². The van der Waals surface area contributed by atoms with E-state index in [1.807, 2.05) is 41.3 Å². The maximum atomic E-state index is 12.5. The summed E-state index contributed by atoms with van der Waals surface area (Å²) in [5.74, 6) is 2.01. The molecule has 0 spiro atoms. The molecule has 0 saturated carbocycles. The molecule has 0 aromatic heterocycles. The number of hydrogen-bond acceptors (Lipinski definition) is 4. The van der Waals surface area contributed by atoms with Gasteiger partial charge >= 0.3 is 0 Å². The first kappa shape index (κ1) is 20.2. The van der Waals surface area contributed by atoms with Crippen molar-refractivity contribution < 1.29 is 14.3 Å². The van der Waals surface area contributed by atoms with Crippen molar-refractivity contribution in [3.05, 3.63) is 59.7 Å². The number of carbonyl (C=O) groups excluding carboxylic acids is 1. The third kappa shape index (κ3) is 5.73. The fraction of sp³-hybridized carbons (Fsp3) is 0.435. The van der Waals surface area contributed by atoms with E-state index in [2.05, 4.69) is 17.0 Å². The molecule has 0 bridgehead atoms. The number of nitrogens with zero attached hydrogens (tertiary/aromatic N) is 2. The van der Waals surface area contributed by atoms with Gasteiger partial charge in [0.1, 0.15) is 11.5 Å². The Morgan fingerprint density at radius 3 is 2.25 bits per heavy atom. The molecule has 1 heterocycles. The number of hydrogen-bond donors (Lipinski definition) is 0. The van der Waals surface area contributed by atoms with Crippen molar-refractivity contribution in [2.45, 2.75) is 19.3 Å². The second-order valence-corrected chi connectivity index (χ2v) is 7.17. The number of benzene rings is 2. The molecule has 2 aromatic rings. The Hall–Kier alpha value is -2.53. The predicted molar refractivity (Wildman–Crippen MR) is 111 cm³/mol. The summed E-state index contributed by atoms with van der Waals surface area (Å²) in [6.45, 7) is 4.54. The van der Waals surface area contributed by atoms with Gasteiger partial charge in [0, 0.05) is 39.1 Å². The number of rotatable bonds is 8. The summed E-state index contributed by atoms with van der Waals surface area (Å²) < 4.78 is 10.5. The lowest BCUT2D eigenvalue weighted by atomic mass is 10.1. The highest BCUT2D eigenvalue weighted by molar-refractivity contribution is 5.76. The lowest BCUT2D eigenvalue weighted by Crippen LogP contribution is -2.49. The average Bonchev–Trinajstić information content (AvgIpc) is 2.77. The van der Waals surface area contributed by atoms with Crippen molar-refractivity contribution >= 4 is 5.91 Å². The van der Waals surface area contributed by atoms with Crippen LogP contribution in [0.2, 0.25) is 0 Å². The van der Waals surface area contributed by atoms with Gasteiger partial charge in [0.25, 0.3) is 0 Å². The first-order chi connectivity index (χ1) is 13.7. The highest BCUT2D eigenvalue weighted by atomic mass is 16.5. The summed E-state index contributed by atoms with van der Waals surface area (Å²) in [5, 5.41) is 0. The minimum Gasteiger partial charge on any atom is -0.497 e. The normalized spacial score (nSPS) is 14.7. The van der Waals surface area contributed by atoms with Gasteiger partial charge in [-0.05, 0) is 48.2 Å². The first-order valence-electron chi connectivity index (χ1n) is 9.94. The van der Waals surface area contributed by atoms with Gasteiger partial charge in [0.2, 0.25) is 5.91 Å². The number of amides is 1. The molecular weight excluding hydrogens is 352 g/mol. The van der Waals surface area contributed by atoms with E-state index >= 15 is 0 Å². The molecule has 1 aliphatic heterocycles. The molecule has 0 N–H and O–H groups in total. The summed E-state index contributed by atoms with van der Waals surface area (Å²) in [6, 6.07) is 16.2. The molecule has 28 heavy (non-hydrogen) atoms. The number of carbonyl (C=O) groups is 1. The van der Waals surface area contributed by atoms with Crippen LogP contribution in [0.25, 0.3) is 0 Å². The number of aryl methyl sites for hydroxylation is 1. The Kier molecular flexibility index (Phi) is 7.31. The van der Waals surface area contributed by atoms with Crippen LogP contribution in [0.3, 0.4) is 0 Å². The van der Waals surface area contributed by atoms with E-state index in [0.29, 0.717) is 6.42 Å². The van der Waals surface area contributed by atoms with Gasteiger partial charge in [0.15, 0.2) is 0 Å². The third-order valence-electron chi connectivity index (χ3n) is 5.36. The second-order valence-electron chi connectivity index (χ2n) is 7.17. The lowest BCUT2D eigenvalue weighted by molar-refractivity contribution is -0.132. The van der Waals surface area contributed by atoms with Crippen LogP contribution in [-0.4, -0.2) is 62.7 Å². The molecular formula is C23H30N2O3. The van der Waals surface area contributed by atoms with Gasteiger partial charge in [-0.25, -0.2) is 0 Å². The van der Waals surface area contributed by atoms with Crippen LogP contribution < -0.4 is 9.47 Å². The fourth-order valence-corrected chi connectivity index (χ4v) is 3.54. The van der Waals surface area contributed by atoms with Crippen molar-refractivity contribution in [2.75, 3.05) is 46.9 Å². The van der Waals surface area contributed by atoms with Gasteiger partial charge in [-0.15, -0.1) is 0 Å². The van der Waals surface area contributed by atoms with E-state index in [1.54, 1.807) is 14.2 Å². The molecule has 1 fully saturated rings. The number of piperazine rings is 1. The van der Waals surface area contributed by atoms with E-state index in [0.717, 1.165) is 57.1 Å². The molecule has 5 heteroatoms. The Labute approximate surface area is 167 Å². The molecule has 0 radical (unpaired) electrons. The largest absolute Gasteiger partial charge is 0.497 e. The molecule has 0 unspecified atom stereocenters. The van der Waals surface area contributed by atoms with Gasteiger partial charge in [-0.2, -0.15) is 0 Å². The van der Waals surface area contributed by atoms with Crippen LogP contribution in [-0.2, 0) is 17.6 Å². The van der Waals surface area contributed by atoms with Crippen LogP contribution in [0, 0.1) is 0 Å². The maximum absolute atomic E-state index is 12.5. The zero-order valence-corrected chi connectivity index (χ0v) is 16.9. The van der Waals surface area contributed by atoms with Crippen LogP contribution in [0.5, 0.6) is 11.5 Å². The topological polar surface area (TPSA) is 42.0 Å². The van der Waals surface area contributed by atoms with Gasteiger partial charge in [-0.3, -0.25) is 9.69 Å². The molecule has 3 rings (SSSR count). The first-order valence-corrected chi connectivity index (χ1v) is 9.94. The second kappa shape index (κ2) is 10.1. The number of methoxy groups -OCH3 is 2. The summed E-state index contributed by atoms with van der Waals surface area (Å²) >= 11 is 0. The highest BCUT2D eigenvalue weighted by Crippen LogP contribution is 2.15. The zero-order chi connectivity index (χ0) is 19.8. The molecule has 150 valence electrons. The van der Waals surface area contributed by atoms with Gasteiger partial charge in [-0.1, -0.05) is 24.3 Å². The third-order valence-corrected chi connectivity index (χ3v) is 5.36. The van der Waals surface area contributed by atoms with Crippen LogP contribution in [0.1, 0.15) is 17.5 Å². The predicted octanol–water partition coefficient (Wildman–Crippen LogP) is 3.02. The van der Waals surface area contributed by atoms with Crippen molar-refractivity contribution in [1.29, 1.82) is 0 Å². The molecule has 0 aliphatic carbocycles. The summed E-state index contributed by atoms with van der Waals surface area (Å²) in [6.07, 6.45) is 2.34. The van der Waals surface area contributed by atoms with Gasteiger partial charge in [0.05, 0.1) is 14.2 Å². The fourth-order valence-electron chi connectivity index (χ4n) is 3.54. The lowest BCUT2D eigenvalue weighted by Gasteiger charge is -2.34. The monoisotopic (exact) mass is 382 g/mol. The maximum Gasteiger partial charge on any atom is 0.222 e. The van der Waals surface area contributed by atoms with Crippen molar-refractivity contribution in [3.63, 3.8) is 0 Å².